The first-order chi connectivity index (χ1) is 5.11. The highest BCUT2D eigenvalue weighted by atomic mass is 16.4. The van der Waals surface area contributed by atoms with Gasteiger partial charge in [-0.25, -0.2) is 4.79 Å². The van der Waals surface area contributed by atoms with Gasteiger partial charge in [0.25, 0.3) is 0 Å². The van der Waals surface area contributed by atoms with Crippen LogP contribution in [0.25, 0.3) is 0 Å². The van der Waals surface area contributed by atoms with Crippen molar-refractivity contribution in [2.45, 2.75) is 0 Å². The molecule has 0 unspecified atom stereocenters. The van der Waals surface area contributed by atoms with Crippen LogP contribution in [0.2, 0.25) is 0 Å². The van der Waals surface area contributed by atoms with E-state index in [9.17, 15) is 9.59 Å². The van der Waals surface area contributed by atoms with Crippen LogP contribution in [-0.4, -0.2) is 16.9 Å². The molecule has 0 aliphatic heterocycles. The zero-order chi connectivity index (χ0) is 8.85. The Morgan fingerprint density at radius 1 is 1.55 bits per heavy atom. The van der Waals surface area contributed by atoms with Crippen LogP contribution < -0.4 is 0 Å². The largest absolute Gasteiger partial charge is 0.478 e. The maximum Gasteiger partial charge on any atom is 0.329 e. The number of aliphatic carboxylic acids is 1. The molecule has 0 atom stereocenters. The molecule has 11 heavy (non-hydrogen) atoms. The second-order valence-corrected chi connectivity index (χ2v) is 1.58. The van der Waals surface area contributed by atoms with E-state index in [-0.39, 0.29) is 0 Å². The Kier molecular flexibility index (Phi) is 3.32. The molecule has 0 spiro atoms. The Morgan fingerprint density at radius 3 is 2.36 bits per heavy atom. The fourth-order valence-electron chi connectivity index (χ4n) is 0.392. The van der Waals surface area contributed by atoms with E-state index in [0.29, 0.717) is 6.08 Å². The Hall–Kier alpha value is -1.89. The van der Waals surface area contributed by atoms with E-state index in [1.54, 1.807) is 0 Å². The standard InChI is InChI=1S/C7H5NO3/c1-2-6(9)5(4-8)3-7(10)11/h2-3H,1H2,(H,10,11). The summed E-state index contributed by atoms with van der Waals surface area (Å²) in [5.41, 5.74) is -0.424. The second kappa shape index (κ2) is 4.01. The van der Waals surface area contributed by atoms with E-state index in [1.807, 2.05) is 0 Å². The zero-order valence-electron chi connectivity index (χ0n) is 5.57. The van der Waals surface area contributed by atoms with E-state index in [4.69, 9.17) is 10.4 Å². The topological polar surface area (TPSA) is 78.2 Å². The first-order valence-electron chi connectivity index (χ1n) is 2.63. The summed E-state index contributed by atoms with van der Waals surface area (Å²) < 4.78 is 0. The van der Waals surface area contributed by atoms with Crippen LogP contribution in [0.1, 0.15) is 0 Å². The smallest absolute Gasteiger partial charge is 0.329 e. The molecule has 0 aliphatic rings. The van der Waals surface area contributed by atoms with Gasteiger partial charge in [-0.15, -0.1) is 0 Å². The molecule has 0 radical (unpaired) electrons. The minimum absolute atomic E-state index is 0.424. The molecule has 0 aromatic rings. The third-order valence-electron chi connectivity index (χ3n) is 0.839. The average molecular weight is 151 g/mol. The SMILES string of the molecule is C=CC(=O)C(C#N)=CC(=O)O. The highest BCUT2D eigenvalue weighted by Gasteiger charge is 2.05. The number of carbonyl (C=O) groups excluding carboxylic acids is 1. The summed E-state index contributed by atoms with van der Waals surface area (Å²) in [6.07, 6.45) is 1.43. The molecule has 0 bridgehead atoms. The second-order valence-electron chi connectivity index (χ2n) is 1.58. The van der Waals surface area contributed by atoms with Gasteiger partial charge >= 0.3 is 5.97 Å². The minimum atomic E-state index is -1.32. The molecule has 0 saturated heterocycles. The van der Waals surface area contributed by atoms with Crippen molar-refractivity contribution in [2.24, 2.45) is 0 Å². The van der Waals surface area contributed by atoms with Crippen molar-refractivity contribution >= 4 is 11.8 Å². The summed E-state index contributed by atoms with van der Waals surface area (Å²) in [7, 11) is 0. The van der Waals surface area contributed by atoms with Gasteiger partial charge in [0.05, 0.1) is 0 Å². The predicted octanol–water partition coefficient (Wildman–Crippen LogP) is 0.276. The maximum absolute atomic E-state index is 10.6. The molecule has 0 fully saturated rings. The van der Waals surface area contributed by atoms with E-state index in [2.05, 4.69) is 6.58 Å². The van der Waals surface area contributed by atoms with Crippen molar-refractivity contribution in [2.75, 3.05) is 0 Å². The quantitative estimate of drug-likeness (QED) is 0.464. The average Bonchev–Trinajstić information content (AvgIpc) is 1.98. The van der Waals surface area contributed by atoms with Crippen LogP contribution in [0.15, 0.2) is 24.3 Å². The van der Waals surface area contributed by atoms with Crippen molar-refractivity contribution in [3.8, 4) is 6.07 Å². The third-order valence-corrected chi connectivity index (χ3v) is 0.839. The Morgan fingerprint density at radius 2 is 2.09 bits per heavy atom. The van der Waals surface area contributed by atoms with Gasteiger partial charge in [0.15, 0.2) is 5.78 Å². The monoisotopic (exact) mass is 151 g/mol. The normalized spacial score (nSPS) is 9.91. The van der Waals surface area contributed by atoms with Gasteiger partial charge in [-0.1, -0.05) is 6.58 Å². The van der Waals surface area contributed by atoms with Gasteiger partial charge in [0, 0.05) is 6.08 Å². The number of hydrogen-bond acceptors (Lipinski definition) is 3. The molecule has 0 aromatic carbocycles. The molecule has 0 saturated carbocycles. The predicted molar refractivity (Wildman–Crippen MR) is 36.5 cm³/mol. The van der Waals surface area contributed by atoms with Crippen LogP contribution in [0, 0.1) is 11.3 Å². The first kappa shape index (κ1) is 9.11. The number of carboxylic acid groups (broad SMARTS) is 1. The van der Waals surface area contributed by atoms with E-state index in [0.717, 1.165) is 6.08 Å². The molecule has 0 heterocycles. The Labute approximate surface area is 63.1 Å². The Bertz CT molecular complexity index is 270. The lowest BCUT2D eigenvalue weighted by Gasteiger charge is -1.86. The van der Waals surface area contributed by atoms with Gasteiger partial charge < -0.3 is 5.11 Å². The lowest BCUT2D eigenvalue weighted by Crippen LogP contribution is -1.99. The number of hydrogen-bond donors (Lipinski definition) is 1. The number of carboxylic acids is 1. The highest BCUT2D eigenvalue weighted by Crippen LogP contribution is 1.94. The van der Waals surface area contributed by atoms with Crippen LogP contribution in [0.3, 0.4) is 0 Å². The fraction of sp³-hybridized carbons (Fsp3) is 0. The number of ketones is 1. The molecular weight excluding hydrogens is 146 g/mol. The van der Waals surface area contributed by atoms with Crippen molar-refractivity contribution in [3.05, 3.63) is 24.3 Å². The van der Waals surface area contributed by atoms with Gasteiger partial charge in [-0.3, -0.25) is 4.79 Å². The van der Waals surface area contributed by atoms with Crippen molar-refractivity contribution in [1.29, 1.82) is 5.26 Å². The molecule has 0 amide bonds. The highest BCUT2D eigenvalue weighted by molar-refractivity contribution is 6.09. The van der Waals surface area contributed by atoms with Crippen LogP contribution in [0.4, 0.5) is 0 Å². The number of nitrogens with zero attached hydrogens (tertiary/aromatic N) is 1. The van der Waals surface area contributed by atoms with E-state index >= 15 is 0 Å². The summed E-state index contributed by atoms with van der Waals surface area (Å²) >= 11 is 0. The summed E-state index contributed by atoms with van der Waals surface area (Å²) in [4.78, 5) is 20.6. The van der Waals surface area contributed by atoms with Gasteiger partial charge in [0.1, 0.15) is 11.6 Å². The lowest BCUT2D eigenvalue weighted by atomic mass is 10.2. The molecule has 0 aromatic heterocycles. The van der Waals surface area contributed by atoms with Gasteiger partial charge in [-0.2, -0.15) is 5.26 Å². The number of rotatable bonds is 3. The van der Waals surface area contributed by atoms with Crippen molar-refractivity contribution < 1.29 is 14.7 Å². The Balaban J connectivity index is 4.70. The number of allylic oxidation sites excluding steroid dienone is 2. The van der Waals surface area contributed by atoms with Crippen LogP contribution in [-0.2, 0) is 9.59 Å². The summed E-state index contributed by atoms with van der Waals surface area (Å²) in [5, 5.41) is 16.4. The molecular formula is C7H5NO3. The first-order valence-corrected chi connectivity index (χ1v) is 2.63. The summed E-state index contributed by atoms with van der Waals surface area (Å²) in [5.74, 6) is -2.01. The summed E-state index contributed by atoms with van der Waals surface area (Å²) in [6, 6.07) is 1.44. The fourth-order valence-corrected chi connectivity index (χ4v) is 0.392. The van der Waals surface area contributed by atoms with Gasteiger partial charge in [-0.05, 0) is 6.08 Å². The number of nitriles is 1. The zero-order valence-corrected chi connectivity index (χ0v) is 5.57. The lowest BCUT2D eigenvalue weighted by molar-refractivity contribution is -0.131. The maximum atomic E-state index is 10.6. The molecule has 1 N–H and O–H groups in total. The molecule has 4 nitrogen and oxygen atoms in total. The van der Waals surface area contributed by atoms with E-state index < -0.39 is 17.3 Å². The van der Waals surface area contributed by atoms with Crippen molar-refractivity contribution in [3.63, 3.8) is 0 Å². The molecule has 0 aliphatic carbocycles. The van der Waals surface area contributed by atoms with Crippen molar-refractivity contribution in [1.82, 2.24) is 0 Å². The van der Waals surface area contributed by atoms with Crippen LogP contribution in [0.5, 0.6) is 0 Å². The molecule has 4 heteroatoms. The van der Waals surface area contributed by atoms with E-state index in [1.165, 1.54) is 6.07 Å². The van der Waals surface area contributed by atoms with Gasteiger partial charge in [0.2, 0.25) is 0 Å². The van der Waals surface area contributed by atoms with Crippen LogP contribution >= 0.6 is 0 Å². The molecule has 56 valence electrons. The summed E-state index contributed by atoms with van der Waals surface area (Å²) in [6.45, 7) is 3.10. The molecule has 0 rings (SSSR count). The third kappa shape index (κ3) is 2.96. The minimum Gasteiger partial charge on any atom is -0.478 e. The number of carbonyl (C=O) groups is 2.